The number of hydrogen-bond acceptors (Lipinski definition) is 5. The van der Waals surface area contributed by atoms with Gasteiger partial charge in [0.25, 0.3) is 0 Å². The van der Waals surface area contributed by atoms with E-state index < -0.39 is 6.10 Å². The van der Waals surface area contributed by atoms with Crippen LogP contribution in [-0.2, 0) is 0 Å². The van der Waals surface area contributed by atoms with E-state index in [0.29, 0.717) is 0 Å². The molecule has 96 valence electrons. The van der Waals surface area contributed by atoms with E-state index in [-0.39, 0.29) is 0 Å². The monoisotopic (exact) mass is 272 g/mol. The lowest BCUT2D eigenvalue weighted by atomic mass is 10.2. The van der Waals surface area contributed by atoms with E-state index >= 15 is 0 Å². The Morgan fingerprint density at radius 2 is 2.16 bits per heavy atom. The SMILES string of the molecule is C[C@H](O)c1ccnc(Sc2nnc3ccccn23)c1. The van der Waals surface area contributed by atoms with Gasteiger partial charge in [-0.25, -0.2) is 4.98 Å². The zero-order valence-electron chi connectivity index (χ0n) is 10.3. The Morgan fingerprint density at radius 3 is 3.00 bits per heavy atom. The Balaban J connectivity index is 1.95. The van der Waals surface area contributed by atoms with Crippen molar-refractivity contribution in [3.8, 4) is 0 Å². The highest BCUT2D eigenvalue weighted by molar-refractivity contribution is 7.99. The van der Waals surface area contributed by atoms with Crippen molar-refractivity contribution in [3.63, 3.8) is 0 Å². The quantitative estimate of drug-likeness (QED) is 0.792. The van der Waals surface area contributed by atoms with Crippen LogP contribution in [0.1, 0.15) is 18.6 Å². The van der Waals surface area contributed by atoms with Gasteiger partial charge in [0, 0.05) is 12.4 Å². The zero-order valence-corrected chi connectivity index (χ0v) is 11.1. The second kappa shape index (κ2) is 4.99. The van der Waals surface area contributed by atoms with Crippen molar-refractivity contribution in [2.24, 2.45) is 0 Å². The normalized spacial score (nSPS) is 12.7. The van der Waals surface area contributed by atoms with Gasteiger partial charge in [0.15, 0.2) is 5.65 Å². The van der Waals surface area contributed by atoms with Gasteiger partial charge in [0.1, 0.15) is 5.03 Å². The van der Waals surface area contributed by atoms with Crippen LogP contribution in [0.2, 0.25) is 0 Å². The first-order valence-electron chi connectivity index (χ1n) is 5.85. The minimum Gasteiger partial charge on any atom is -0.389 e. The van der Waals surface area contributed by atoms with Gasteiger partial charge in [-0.05, 0) is 48.5 Å². The maximum absolute atomic E-state index is 9.58. The summed E-state index contributed by atoms with van der Waals surface area (Å²) in [4.78, 5) is 4.27. The fourth-order valence-electron chi connectivity index (χ4n) is 1.72. The molecule has 0 aromatic carbocycles. The van der Waals surface area contributed by atoms with Crippen LogP contribution in [0.25, 0.3) is 5.65 Å². The molecule has 6 heteroatoms. The van der Waals surface area contributed by atoms with Crippen LogP contribution in [0.15, 0.2) is 52.9 Å². The zero-order chi connectivity index (χ0) is 13.2. The van der Waals surface area contributed by atoms with Gasteiger partial charge in [0.2, 0.25) is 5.16 Å². The summed E-state index contributed by atoms with van der Waals surface area (Å²) >= 11 is 1.42. The molecule has 0 unspecified atom stereocenters. The molecule has 19 heavy (non-hydrogen) atoms. The highest BCUT2D eigenvalue weighted by Crippen LogP contribution is 2.26. The molecule has 0 amide bonds. The van der Waals surface area contributed by atoms with E-state index in [2.05, 4.69) is 15.2 Å². The molecule has 1 atom stereocenters. The molecule has 0 saturated heterocycles. The number of rotatable bonds is 3. The molecule has 0 spiro atoms. The smallest absolute Gasteiger partial charge is 0.201 e. The Morgan fingerprint density at radius 1 is 1.26 bits per heavy atom. The lowest BCUT2D eigenvalue weighted by Crippen LogP contribution is -1.93. The molecule has 0 aliphatic rings. The van der Waals surface area contributed by atoms with E-state index in [1.165, 1.54) is 11.8 Å². The first kappa shape index (κ1) is 12.1. The molecule has 0 radical (unpaired) electrons. The number of pyridine rings is 2. The highest BCUT2D eigenvalue weighted by Gasteiger charge is 2.09. The summed E-state index contributed by atoms with van der Waals surface area (Å²) in [5, 5.41) is 19.3. The second-order valence-corrected chi connectivity index (χ2v) is 5.10. The van der Waals surface area contributed by atoms with Crippen molar-refractivity contribution in [1.82, 2.24) is 19.6 Å². The van der Waals surface area contributed by atoms with Crippen LogP contribution in [0, 0.1) is 0 Å². The molecule has 0 bridgehead atoms. The minimum absolute atomic E-state index is 0.502. The number of nitrogens with zero attached hydrogens (tertiary/aromatic N) is 4. The predicted octanol–water partition coefficient (Wildman–Crippen LogP) is 2.33. The van der Waals surface area contributed by atoms with Gasteiger partial charge in [-0.1, -0.05) is 6.07 Å². The molecule has 3 aromatic rings. The number of fused-ring (bicyclic) bond motifs is 1. The number of hydrogen-bond donors (Lipinski definition) is 1. The third kappa shape index (κ3) is 2.45. The van der Waals surface area contributed by atoms with Crippen molar-refractivity contribution >= 4 is 17.4 Å². The summed E-state index contributed by atoms with van der Waals surface area (Å²) < 4.78 is 1.90. The van der Waals surface area contributed by atoms with E-state index in [1.807, 2.05) is 34.9 Å². The maximum Gasteiger partial charge on any atom is 0.201 e. The highest BCUT2D eigenvalue weighted by atomic mass is 32.2. The molecular weight excluding hydrogens is 260 g/mol. The molecule has 3 heterocycles. The van der Waals surface area contributed by atoms with Crippen LogP contribution in [0.4, 0.5) is 0 Å². The fraction of sp³-hybridized carbons (Fsp3) is 0.154. The molecule has 5 nitrogen and oxygen atoms in total. The van der Waals surface area contributed by atoms with Gasteiger partial charge in [-0.3, -0.25) is 4.40 Å². The second-order valence-electron chi connectivity index (χ2n) is 4.12. The average Bonchev–Trinajstić information content (AvgIpc) is 2.83. The molecule has 0 aliphatic heterocycles. The molecular formula is C13H12N4OS. The van der Waals surface area contributed by atoms with Crippen LogP contribution in [-0.4, -0.2) is 24.7 Å². The summed E-state index contributed by atoms with van der Waals surface area (Å²) in [6.07, 6.45) is 3.10. The van der Waals surface area contributed by atoms with Gasteiger partial charge in [0.05, 0.1) is 6.10 Å². The van der Waals surface area contributed by atoms with Crippen molar-refractivity contribution in [2.45, 2.75) is 23.2 Å². The summed E-state index contributed by atoms with van der Waals surface area (Å²) in [6.45, 7) is 1.73. The molecule has 0 fully saturated rings. The average molecular weight is 272 g/mol. The van der Waals surface area contributed by atoms with Crippen molar-refractivity contribution in [3.05, 3.63) is 48.3 Å². The Hall–Kier alpha value is -1.92. The summed E-state index contributed by atoms with van der Waals surface area (Å²) in [5.74, 6) is 0. The van der Waals surface area contributed by atoms with Crippen LogP contribution in [0.5, 0.6) is 0 Å². The molecule has 1 N–H and O–H groups in total. The summed E-state index contributed by atoms with van der Waals surface area (Å²) in [7, 11) is 0. The molecule has 3 rings (SSSR count). The predicted molar refractivity (Wildman–Crippen MR) is 72.0 cm³/mol. The number of aliphatic hydroxyl groups is 1. The van der Waals surface area contributed by atoms with E-state index in [1.54, 1.807) is 19.2 Å². The first-order chi connectivity index (χ1) is 9.24. The van der Waals surface area contributed by atoms with E-state index in [0.717, 1.165) is 21.4 Å². The van der Waals surface area contributed by atoms with Gasteiger partial charge in [-0.15, -0.1) is 10.2 Å². The van der Waals surface area contributed by atoms with Crippen molar-refractivity contribution in [2.75, 3.05) is 0 Å². The number of aliphatic hydroxyl groups excluding tert-OH is 1. The minimum atomic E-state index is -0.502. The molecule has 3 aromatic heterocycles. The Labute approximate surface area is 114 Å². The number of aromatic nitrogens is 4. The topological polar surface area (TPSA) is 63.3 Å². The lowest BCUT2D eigenvalue weighted by molar-refractivity contribution is 0.199. The molecule has 0 aliphatic carbocycles. The van der Waals surface area contributed by atoms with Crippen LogP contribution < -0.4 is 0 Å². The van der Waals surface area contributed by atoms with E-state index in [9.17, 15) is 5.11 Å². The standard InChI is InChI=1S/C13H12N4OS/c1-9(18)10-5-6-14-12(8-10)19-13-16-15-11-4-2-3-7-17(11)13/h2-9,18H,1H3/t9-/m0/s1. The largest absolute Gasteiger partial charge is 0.389 e. The third-order valence-corrected chi connectivity index (χ3v) is 3.61. The van der Waals surface area contributed by atoms with Crippen LogP contribution >= 0.6 is 11.8 Å². The first-order valence-corrected chi connectivity index (χ1v) is 6.67. The summed E-state index contributed by atoms with van der Waals surface area (Å²) in [5.41, 5.74) is 1.64. The lowest BCUT2D eigenvalue weighted by Gasteiger charge is -2.05. The van der Waals surface area contributed by atoms with Gasteiger partial charge in [-0.2, -0.15) is 0 Å². The Bertz CT molecular complexity index is 710. The summed E-state index contributed by atoms with van der Waals surface area (Å²) in [6, 6.07) is 9.41. The van der Waals surface area contributed by atoms with Crippen molar-refractivity contribution < 1.29 is 5.11 Å². The van der Waals surface area contributed by atoms with Gasteiger partial charge < -0.3 is 5.11 Å². The van der Waals surface area contributed by atoms with Crippen LogP contribution in [0.3, 0.4) is 0 Å². The Kier molecular flexibility index (Phi) is 3.18. The van der Waals surface area contributed by atoms with E-state index in [4.69, 9.17) is 0 Å². The van der Waals surface area contributed by atoms with Crippen molar-refractivity contribution in [1.29, 1.82) is 0 Å². The molecule has 0 saturated carbocycles. The fourth-order valence-corrected chi connectivity index (χ4v) is 2.55. The maximum atomic E-state index is 9.58. The third-order valence-electron chi connectivity index (χ3n) is 2.72. The van der Waals surface area contributed by atoms with Gasteiger partial charge >= 0.3 is 0 Å².